The summed E-state index contributed by atoms with van der Waals surface area (Å²) < 4.78 is 0. The first-order chi connectivity index (χ1) is 9.58. The lowest BCUT2D eigenvalue weighted by Gasteiger charge is -2.29. The Kier molecular flexibility index (Phi) is 5.35. The van der Waals surface area contributed by atoms with E-state index >= 15 is 0 Å². The monoisotopic (exact) mass is 291 g/mol. The highest BCUT2D eigenvalue weighted by atomic mass is 32.1. The molecule has 0 bridgehead atoms. The molecule has 1 aromatic rings. The van der Waals surface area contributed by atoms with Crippen LogP contribution in [0.3, 0.4) is 0 Å². The minimum absolute atomic E-state index is 0.435. The Bertz CT molecular complexity index is 465. The fourth-order valence-corrected chi connectivity index (χ4v) is 3.22. The van der Waals surface area contributed by atoms with Crippen molar-refractivity contribution in [2.45, 2.75) is 58.4 Å². The molecule has 4 heteroatoms. The van der Waals surface area contributed by atoms with Gasteiger partial charge in [-0.1, -0.05) is 32.0 Å². The van der Waals surface area contributed by atoms with Gasteiger partial charge in [-0.2, -0.15) is 0 Å². The predicted octanol–water partition coefficient (Wildman–Crippen LogP) is 3.80. The van der Waals surface area contributed by atoms with Crippen molar-refractivity contribution in [3.63, 3.8) is 0 Å². The Labute approximate surface area is 127 Å². The van der Waals surface area contributed by atoms with Crippen molar-refractivity contribution < 1.29 is 0 Å². The van der Waals surface area contributed by atoms with Gasteiger partial charge in [0.15, 0.2) is 0 Å². The maximum Gasteiger partial charge on any atom is 0.127 e. The summed E-state index contributed by atoms with van der Waals surface area (Å²) in [7, 11) is 0. The second-order valence-corrected chi connectivity index (χ2v) is 6.34. The largest absolute Gasteiger partial charge is 0.389 e. The van der Waals surface area contributed by atoms with E-state index < -0.39 is 0 Å². The van der Waals surface area contributed by atoms with Gasteiger partial charge in [-0.3, -0.25) is 0 Å². The molecule has 1 fully saturated rings. The number of pyridine rings is 1. The Morgan fingerprint density at radius 3 is 2.65 bits per heavy atom. The molecule has 0 atom stereocenters. The van der Waals surface area contributed by atoms with Crippen LogP contribution in [0.1, 0.15) is 56.7 Å². The zero-order valence-electron chi connectivity index (χ0n) is 12.5. The summed E-state index contributed by atoms with van der Waals surface area (Å²) in [6.07, 6.45) is 7.82. The van der Waals surface area contributed by atoms with Crippen LogP contribution < -0.4 is 11.1 Å². The van der Waals surface area contributed by atoms with Gasteiger partial charge in [0.05, 0.1) is 0 Å². The smallest absolute Gasteiger partial charge is 0.127 e. The summed E-state index contributed by atoms with van der Waals surface area (Å²) >= 11 is 5.05. The first kappa shape index (κ1) is 15.2. The molecule has 1 saturated carbocycles. The third kappa shape index (κ3) is 4.17. The zero-order chi connectivity index (χ0) is 14.5. The number of thiocarbonyl (C=S) groups is 1. The molecule has 110 valence electrons. The maximum atomic E-state index is 5.71. The molecule has 1 aliphatic carbocycles. The number of nitrogens with two attached hydrogens (primary N) is 1. The van der Waals surface area contributed by atoms with Gasteiger partial charge >= 0.3 is 0 Å². The maximum absolute atomic E-state index is 5.71. The van der Waals surface area contributed by atoms with E-state index in [-0.39, 0.29) is 0 Å². The van der Waals surface area contributed by atoms with Crippen LogP contribution in [-0.2, 0) is 0 Å². The van der Waals surface area contributed by atoms with Crippen molar-refractivity contribution in [2.75, 3.05) is 5.32 Å². The average molecular weight is 291 g/mol. The van der Waals surface area contributed by atoms with Crippen LogP contribution in [0.25, 0.3) is 0 Å². The Balaban J connectivity index is 1.96. The topological polar surface area (TPSA) is 50.9 Å². The third-order valence-electron chi connectivity index (χ3n) is 4.13. The molecule has 0 radical (unpaired) electrons. The molecule has 0 unspecified atom stereocenters. The fraction of sp³-hybridized carbons (Fsp3) is 0.625. The van der Waals surface area contributed by atoms with Crippen LogP contribution in [-0.4, -0.2) is 16.0 Å². The number of aromatic nitrogens is 1. The molecular weight excluding hydrogens is 266 g/mol. The van der Waals surface area contributed by atoms with Crippen LogP contribution in [0.15, 0.2) is 12.1 Å². The van der Waals surface area contributed by atoms with Gasteiger partial charge in [0.1, 0.15) is 10.8 Å². The summed E-state index contributed by atoms with van der Waals surface area (Å²) in [4.78, 5) is 4.97. The third-order valence-corrected chi connectivity index (χ3v) is 4.37. The fourth-order valence-electron chi connectivity index (χ4n) is 3.10. The van der Waals surface area contributed by atoms with Crippen molar-refractivity contribution >= 4 is 23.0 Å². The molecule has 0 spiro atoms. The van der Waals surface area contributed by atoms with Crippen molar-refractivity contribution in [1.82, 2.24) is 4.98 Å². The van der Waals surface area contributed by atoms with Gasteiger partial charge in [0.25, 0.3) is 0 Å². The van der Waals surface area contributed by atoms with E-state index in [0.29, 0.717) is 11.0 Å². The highest BCUT2D eigenvalue weighted by Gasteiger charge is 2.20. The van der Waals surface area contributed by atoms with Crippen LogP contribution in [0.2, 0.25) is 0 Å². The van der Waals surface area contributed by atoms with Gasteiger partial charge in [-0.05, 0) is 50.7 Å². The number of hydrogen-bond acceptors (Lipinski definition) is 3. The first-order valence-electron chi connectivity index (χ1n) is 7.63. The highest BCUT2D eigenvalue weighted by Crippen LogP contribution is 2.29. The molecule has 0 aromatic carbocycles. The van der Waals surface area contributed by atoms with Gasteiger partial charge < -0.3 is 11.1 Å². The van der Waals surface area contributed by atoms with E-state index in [4.69, 9.17) is 18.0 Å². The number of rotatable bonds is 5. The van der Waals surface area contributed by atoms with Crippen molar-refractivity contribution in [2.24, 2.45) is 11.7 Å². The van der Waals surface area contributed by atoms with E-state index in [1.54, 1.807) is 0 Å². The number of nitrogens with zero attached hydrogens (tertiary/aromatic N) is 1. The first-order valence-corrected chi connectivity index (χ1v) is 8.04. The summed E-state index contributed by atoms with van der Waals surface area (Å²) in [5.74, 6) is 1.84. The molecule has 20 heavy (non-hydrogen) atoms. The number of nitrogens with one attached hydrogen (secondary N) is 1. The Morgan fingerprint density at radius 2 is 2.05 bits per heavy atom. The van der Waals surface area contributed by atoms with Crippen LogP contribution in [0.5, 0.6) is 0 Å². The van der Waals surface area contributed by atoms with Crippen molar-refractivity contribution in [3.05, 3.63) is 23.4 Å². The molecule has 3 N–H and O–H groups in total. The number of aryl methyl sites for hydroxylation is 1. The van der Waals surface area contributed by atoms with Crippen molar-refractivity contribution in [3.8, 4) is 0 Å². The standard InChI is InChI=1S/C16H25N3S/c1-3-4-12-5-7-14(8-6-12)19-15-10-13(16(17)20)9-11(2)18-15/h9-10,12,14H,3-8H2,1-2H3,(H2,17,20)(H,18,19). The summed E-state index contributed by atoms with van der Waals surface area (Å²) in [5, 5.41) is 3.55. The lowest BCUT2D eigenvalue weighted by atomic mass is 9.83. The minimum atomic E-state index is 0.435. The zero-order valence-corrected chi connectivity index (χ0v) is 13.3. The van der Waals surface area contributed by atoms with Crippen LogP contribution in [0.4, 0.5) is 5.82 Å². The molecule has 2 rings (SSSR count). The van der Waals surface area contributed by atoms with E-state index in [1.807, 2.05) is 19.1 Å². The Hall–Kier alpha value is -1.16. The van der Waals surface area contributed by atoms with Gasteiger partial charge in [-0.15, -0.1) is 0 Å². The molecule has 1 aliphatic rings. The molecule has 1 aromatic heterocycles. The van der Waals surface area contributed by atoms with E-state index in [1.165, 1.54) is 38.5 Å². The van der Waals surface area contributed by atoms with E-state index in [0.717, 1.165) is 23.0 Å². The second kappa shape index (κ2) is 7.02. The van der Waals surface area contributed by atoms with Crippen LogP contribution in [0, 0.1) is 12.8 Å². The summed E-state index contributed by atoms with van der Waals surface area (Å²) in [6, 6.07) is 4.44. The average Bonchev–Trinajstić information content (AvgIpc) is 2.40. The normalized spacial score (nSPS) is 22.5. The number of hydrogen-bond donors (Lipinski definition) is 2. The lowest BCUT2D eigenvalue weighted by Crippen LogP contribution is -2.26. The molecular formula is C16H25N3S. The molecule has 3 nitrogen and oxygen atoms in total. The highest BCUT2D eigenvalue weighted by molar-refractivity contribution is 7.80. The Morgan fingerprint density at radius 1 is 1.35 bits per heavy atom. The van der Waals surface area contributed by atoms with Gasteiger partial charge in [0, 0.05) is 17.3 Å². The van der Waals surface area contributed by atoms with Gasteiger partial charge in [0.2, 0.25) is 0 Å². The lowest BCUT2D eigenvalue weighted by molar-refractivity contribution is 0.318. The summed E-state index contributed by atoms with van der Waals surface area (Å²) in [5.41, 5.74) is 7.57. The van der Waals surface area contributed by atoms with Crippen LogP contribution >= 0.6 is 12.2 Å². The predicted molar refractivity (Wildman–Crippen MR) is 89.1 cm³/mol. The molecule has 0 aliphatic heterocycles. The molecule has 0 saturated heterocycles. The quantitative estimate of drug-likeness (QED) is 0.810. The second-order valence-electron chi connectivity index (χ2n) is 5.90. The van der Waals surface area contributed by atoms with Crippen molar-refractivity contribution in [1.29, 1.82) is 0 Å². The van der Waals surface area contributed by atoms with Gasteiger partial charge in [-0.25, -0.2) is 4.98 Å². The SMILES string of the molecule is CCCC1CCC(Nc2cc(C(N)=S)cc(C)n2)CC1. The number of anilines is 1. The minimum Gasteiger partial charge on any atom is -0.389 e. The van der Waals surface area contributed by atoms with E-state index in [2.05, 4.69) is 17.2 Å². The summed E-state index contributed by atoms with van der Waals surface area (Å²) in [6.45, 7) is 4.25. The molecule has 1 heterocycles. The van der Waals surface area contributed by atoms with E-state index in [9.17, 15) is 0 Å². The molecule has 0 amide bonds.